The second-order valence-corrected chi connectivity index (χ2v) is 6.85. The van der Waals surface area contributed by atoms with Gasteiger partial charge in [-0.15, -0.1) is 11.3 Å². The van der Waals surface area contributed by atoms with Gasteiger partial charge in [-0.05, 0) is 11.4 Å². The first-order chi connectivity index (χ1) is 10.00. The molecule has 8 heteroatoms. The van der Waals surface area contributed by atoms with E-state index in [0.717, 1.165) is 0 Å². The topological polar surface area (TPSA) is 95.5 Å². The Morgan fingerprint density at radius 3 is 2.90 bits per heavy atom. The molecule has 0 spiro atoms. The molecule has 1 amide bonds. The third-order valence-electron chi connectivity index (χ3n) is 2.35. The van der Waals surface area contributed by atoms with Gasteiger partial charge < -0.3 is 10.4 Å². The summed E-state index contributed by atoms with van der Waals surface area (Å²) >= 11 is 1.24. The lowest BCUT2D eigenvalue weighted by atomic mass is 10.2. The molecule has 1 aromatic rings. The van der Waals surface area contributed by atoms with Crippen LogP contribution in [0.4, 0.5) is 0 Å². The van der Waals surface area contributed by atoms with Gasteiger partial charge in [0.15, 0.2) is 0 Å². The number of amides is 1. The van der Waals surface area contributed by atoms with Crippen molar-refractivity contribution < 1.29 is 18.3 Å². The van der Waals surface area contributed by atoms with Gasteiger partial charge in [0.2, 0.25) is 10.0 Å². The molecule has 1 heterocycles. The Labute approximate surface area is 128 Å². The van der Waals surface area contributed by atoms with Crippen LogP contribution in [0.5, 0.6) is 0 Å². The Hall–Kier alpha value is -1.40. The Morgan fingerprint density at radius 1 is 1.48 bits per heavy atom. The number of hydrogen-bond donors (Lipinski definition) is 3. The summed E-state index contributed by atoms with van der Waals surface area (Å²) in [6, 6.07) is 1.72. The molecule has 1 rings (SSSR count). The molecule has 0 unspecified atom stereocenters. The van der Waals surface area contributed by atoms with Crippen LogP contribution in [0.15, 0.2) is 11.4 Å². The van der Waals surface area contributed by atoms with Gasteiger partial charge in [-0.25, -0.2) is 13.1 Å². The largest absolute Gasteiger partial charge is 0.395 e. The van der Waals surface area contributed by atoms with E-state index in [4.69, 9.17) is 5.11 Å². The summed E-state index contributed by atoms with van der Waals surface area (Å²) in [6.07, 6.45) is 0.345. The molecule has 21 heavy (non-hydrogen) atoms. The Bertz CT molecular complexity index is 626. The molecule has 0 bridgehead atoms. The van der Waals surface area contributed by atoms with Crippen LogP contribution in [0, 0.1) is 11.8 Å². The van der Waals surface area contributed by atoms with E-state index in [1.807, 2.05) is 0 Å². The van der Waals surface area contributed by atoms with Crippen LogP contribution in [0.25, 0.3) is 0 Å². The van der Waals surface area contributed by atoms with Crippen LogP contribution in [0.3, 0.4) is 0 Å². The first-order valence-electron chi connectivity index (χ1n) is 6.43. The van der Waals surface area contributed by atoms with E-state index >= 15 is 0 Å². The number of thiophene rings is 1. The number of sulfonamides is 1. The van der Waals surface area contributed by atoms with Crippen LogP contribution in [0.1, 0.15) is 28.6 Å². The maximum atomic E-state index is 12.0. The number of carbonyl (C=O) groups is 1. The second kappa shape index (κ2) is 8.79. The van der Waals surface area contributed by atoms with Crippen molar-refractivity contribution in [3.05, 3.63) is 21.9 Å². The highest BCUT2D eigenvalue weighted by Crippen LogP contribution is 2.15. The van der Waals surface area contributed by atoms with Gasteiger partial charge in [0.25, 0.3) is 5.91 Å². The Balaban J connectivity index is 2.58. The van der Waals surface area contributed by atoms with E-state index in [1.165, 1.54) is 11.3 Å². The molecule has 0 aliphatic heterocycles. The lowest BCUT2D eigenvalue weighted by molar-refractivity contribution is 0.0960. The predicted molar refractivity (Wildman–Crippen MR) is 82.7 cm³/mol. The first kappa shape index (κ1) is 17.7. The number of carbonyl (C=O) groups excluding carboxylic acids is 1. The highest BCUT2D eigenvalue weighted by molar-refractivity contribution is 7.89. The standard InChI is InChI=1S/C13H18N2O4S2/c1-2-15-21(18,19)10-7-14-13(17)12-11(6-9-20-12)5-3-4-8-16/h6,9,15-16H,2,4,7-8,10H2,1H3,(H,14,17). The van der Waals surface area contributed by atoms with Crippen molar-refractivity contribution in [3.8, 4) is 11.8 Å². The zero-order chi connectivity index (χ0) is 15.7. The molecule has 116 valence electrons. The van der Waals surface area contributed by atoms with Gasteiger partial charge in [0, 0.05) is 25.1 Å². The van der Waals surface area contributed by atoms with Crippen LogP contribution in [-0.2, 0) is 10.0 Å². The Morgan fingerprint density at radius 2 is 2.24 bits per heavy atom. The normalized spacial score (nSPS) is 10.8. The van der Waals surface area contributed by atoms with Crippen molar-refractivity contribution in [2.24, 2.45) is 0 Å². The molecule has 3 N–H and O–H groups in total. The van der Waals surface area contributed by atoms with Gasteiger partial charge in [-0.1, -0.05) is 18.8 Å². The van der Waals surface area contributed by atoms with Gasteiger partial charge in [-0.3, -0.25) is 4.79 Å². The van der Waals surface area contributed by atoms with E-state index in [-0.39, 0.29) is 24.8 Å². The molecule has 6 nitrogen and oxygen atoms in total. The summed E-state index contributed by atoms with van der Waals surface area (Å²) in [5.74, 6) is 5.06. The van der Waals surface area contributed by atoms with Gasteiger partial charge in [-0.2, -0.15) is 0 Å². The van der Waals surface area contributed by atoms with Gasteiger partial charge in [0.1, 0.15) is 4.88 Å². The highest BCUT2D eigenvalue weighted by Gasteiger charge is 2.13. The van der Waals surface area contributed by atoms with Crippen molar-refractivity contribution in [2.45, 2.75) is 13.3 Å². The maximum Gasteiger partial charge on any atom is 0.262 e. The summed E-state index contributed by atoms with van der Waals surface area (Å²) in [5.41, 5.74) is 0.584. The molecular formula is C13H18N2O4S2. The minimum absolute atomic E-state index is 0.0268. The molecule has 0 saturated carbocycles. The molecule has 0 fully saturated rings. The average molecular weight is 330 g/mol. The SMILES string of the molecule is CCNS(=O)(=O)CCNC(=O)c1sccc1C#CCCO. The zero-order valence-electron chi connectivity index (χ0n) is 11.7. The fourth-order valence-corrected chi connectivity index (χ4v) is 3.19. The van der Waals surface area contributed by atoms with E-state index in [1.54, 1.807) is 18.4 Å². The summed E-state index contributed by atoms with van der Waals surface area (Å²) in [7, 11) is -3.34. The summed E-state index contributed by atoms with van der Waals surface area (Å²) in [6.45, 7) is 2.03. The third-order valence-corrected chi connectivity index (χ3v) is 4.74. The number of nitrogens with one attached hydrogen (secondary N) is 2. The van der Waals surface area contributed by atoms with Crippen LogP contribution < -0.4 is 10.0 Å². The molecule has 1 aromatic heterocycles. The number of aliphatic hydroxyl groups is 1. The lowest BCUT2D eigenvalue weighted by Crippen LogP contribution is -2.34. The average Bonchev–Trinajstić information content (AvgIpc) is 2.87. The Kier molecular flexibility index (Phi) is 7.39. The summed E-state index contributed by atoms with van der Waals surface area (Å²) < 4.78 is 25.2. The predicted octanol–water partition coefficient (Wildman–Crippen LogP) is 0.151. The van der Waals surface area contributed by atoms with Crippen LogP contribution in [-0.4, -0.2) is 44.9 Å². The minimum Gasteiger partial charge on any atom is -0.395 e. The fraction of sp³-hybridized carbons (Fsp3) is 0.462. The van der Waals surface area contributed by atoms with Crippen molar-refractivity contribution in [1.82, 2.24) is 10.0 Å². The lowest BCUT2D eigenvalue weighted by Gasteiger charge is -2.06. The number of rotatable bonds is 7. The quantitative estimate of drug-likeness (QED) is 0.620. The molecular weight excluding hydrogens is 312 g/mol. The fourth-order valence-electron chi connectivity index (χ4n) is 1.47. The summed E-state index contributed by atoms with van der Waals surface area (Å²) in [5, 5.41) is 13.0. The van der Waals surface area contributed by atoms with E-state index in [0.29, 0.717) is 23.4 Å². The van der Waals surface area contributed by atoms with Crippen molar-refractivity contribution >= 4 is 27.3 Å². The van der Waals surface area contributed by atoms with Gasteiger partial charge in [0.05, 0.1) is 12.4 Å². The molecule has 0 aromatic carbocycles. The molecule has 0 aliphatic carbocycles. The molecule has 0 radical (unpaired) electrons. The van der Waals surface area contributed by atoms with E-state index < -0.39 is 10.0 Å². The number of aliphatic hydroxyl groups excluding tert-OH is 1. The van der Waals surface area contributed by atoms with Crippen molar-refractivity contribution in [1.29, 1.82) is 0 Å². The summed E-state index contributed by atoms with van der Waals surface area (Å²) in [4.78, 5) is 12.4. The van der Waals surface area contributed by atoms with Crippen LogP contribution >= 0.6 is 11.3 Å². The number of hydrogen-bond acceptors (Lipinski definition) is 5. The highest BCUT2D eigenvalue weighted by atomic mass is 32.2. The van der Waals surface area contributed by atoms with Crippen molar-refractivity contribution in [2.75, 3.05) is 25.4 Å². The van der Waals surface area contributed by atoms with Gasteiger partial charge >= 0.3 is 0 Å². The maximum absolute atomic E-state index is 12.0. The van der Waals surface area contributed by atoms with Crippen LogP contribution in [0.2, 0.25) is 0 Å². The molecule has 0 saturated heterocycles. The molecule has 0 atom stereocenters. The monoisotopic (exact) mass is 330 g/mol. The minimum atomic E-state index is -3.34. The second-order valence-electron chi connectivity index (χ2n) is 4.01. The smallest absolute Gasteiger partial charge is 0.262 e. The molecule has 0 aliphatic rings. The van der Waals surface area contributed by atoms with Crippen molar-refractivity contribution in [3.63, 3.8) is 0 Å². The zero-order valence-corrected chi connectivity index (χ0v) is 13.3. The third kappa shape index (κ3) is 6.27. The van der Waals surface area contributed by atoms with E-state index in [9.17, 15) is 13.2 Å². The first-order valence-corrected chi connectivity index (χ1v) is 8.96. The van der Waals surface area contributed by atoms with E-state index in [2.05, 4.69) is 21.9 Å².